The molecule has 0 saturated carbocycles. The molecule has 2 nitrogen and oxygen atoms in total. The number of ether oxygens (including phenoxy) is 1. The van der Waals surface area contributed by atoms with Gasteiger partial charge in [-0.1, -0.05) is 30.3 Å². The fraction of sp³-hybridized carbons (Fsp3) is 0.0769. The van der Waals surface area contributed by atoms with Crippen molar-refractivity contribution in [1.29, 1.82) is 0 Å². The fourth-order valence-electron chi connectivity index (χ4n) is 1.83. The van der Waals surface area contributed by atoms with Gasteiger partial charge in [0.2, 0.25) is 0 Å². The molecule has 1 heterocycles. The molecule has 0 spiro atoms. The number of benzene rings is 2. The third-order valence-corrected chi connectivity index (χ3v) is 2.57. The van der Waals surface area contributed by atoms with E-state index < -0.39 is 0 Å². The molecule has 1 aliphatic rings. The Morgan fingerprint density at radius 1 is 0.867 bits per heavy atom. The second-order valence-corrected chi connectivity index (χ2v) is 3.50. The van der Waals surface area contributed by atoms with Gasteiger partial charge in [-0.05, 0) is 24.3 Å². The minimum Gasteiger partial charge on any atom is -0.471 e. The Labute approximate surface area is 88.7 Å². The number of hydrogen-bond acceptors (Lipinski definition) is 2. The molecule has 0 amide bonds. The molecule has 0 atom stereocenters. The van der Waals surface area contributed by atoms with E-state index in [2.05, 4.69) is 23.1 Å². The third-order valence-electron chi connectivity index (χ3n) is 2.57. The van der Waals surface area contributed by atoms with Crippen molar-refractivity contribution in [2.45, 2.75) is 0 Å². The van der Waals surface area contributed by atoms with Crippen LogP contribution in [0.1, 0.15) is 0 Å². The lowest BCUT2D eigenvalue weighted by molar-refractivity contribution is 0.357. The summed E-state index contributed by atoms with van der Waals surface area (Å²) in [6.07, 6.45) is 0. The first-order valence-electron chi connectivity index (χ1n) is 4.99. The monoisotopic (exact) mass is 197 g/mol. The lowest BCUT2D eigenvalue weighted by atomic mass is 10.2. The van der Waals surface area contributed by atoms with Crippen LogP contribution in [-0.4, -0.2) is 6.73 Å². The molecule has 15 heavy (non-hydrogen) atoms. The van der Waals surface area contributed by atoms with E-state index >= 15 is 0 Å². The van der Waals surface area contributed by atoms with Gasteiger partial charge in [0.15, 0.2) is 6.73 Å². The van der Waals surface area contributed by atoms with E-state index in [4.69, 9.17) is 4.74 Å². The number of fused-ring (bicyclic) bond motifs is 1. The first-order chi connectivity index (χ1) is 7.45. The van der Waals surface area contributed by atoms with Crippen LogP contribution in [-0.2, 0) is 0 Å². The van der Waals surface area contributed by atoms with Crippen LogP contribution in [0.15, 0.2) is 54.6 Å². The second-order valence-electron chi connectivity index (χ2n) is 3.50. The molecule has 3 rings (SSSR count). The minimum atomic E-state index is 0.601. The highest BCUT2D eigenvalue weighted by Gasteiger charge is 2.20. The fourth-order valence-corrected chi connectivity index (χ4v) is 1.83. The predicted octanol–water partition coefficient (Wildman–Crippen LogP) is 3.17. The van der Waals surface area contributed by atoms with E-state index in [9.17, 15) is 0 Å². The van der Waals surface area contributed by atoms with Gasteiger partial charge in [0, 0.05) is 5.69 Å². The number of hydrogen-bond donors (Lipinski definition) is 0. The molecule has 0 fully saturated rings. The molecule has 2 aromatic carbocycles. The molecule has 2 heteroatoms. The van der Waals surface area contributed by atoms with Crippen molar-refractivity contribution >= 4 is 11.4 Å². The van der Waals surface area contributed by atoms with Gasteiger partial charge in [-0.3, -0.25) is 0 Å². The Balaban J connectivity index is 2.05. The molecule has 0 saturated heterocycles. The van der Waals surface area contributed by atoms with Gasteiger partial charge in [-0.2, -0.15) is 0 Å². The average molecular weight is 197 g/mol. The van der Waals surface area contributed by atoms with Crippen LogP contribution < -0.4 is 9.64 Å². The molecule has 0 N–H and O–H groups in total. The molecule has 0 unspecified atom stereocenters. The minimum absolute atomic E-state index is 0.601. The Hall–Kier alpha value is -1.96. The SMILES string of the molecule is c1ccc(N2COc3ccccc32)cc1. The maximum Gasteiger partial charge on any atom is 0.165 e. The molecule has 0 radical (unpaired) electrons. The molecule has 0 aromatic heterocycles. The summed E-state index contributed by atoms with van der Waals surface area (Å²) in [6, 6.07) is 18.4. The van der Waals surface area contributed by atoms with Crippen LogP contribution in [0.5, 0.6) is 5.75 Å². The number of nitrogens with zero attached hydrogens (tertiary/aromatic N) is 1. The van der Waals surface area contributed by atoms with Crippen LogP contribution in [0.3, 0.4) is 0 Å². The molecular formula is C13H11NO. The highest BCUT2D eigenvalue weighted by molar-refractivity contribution is 5.71. The first-order valence-corrected chi connectivity index (χ1v) is 4.99. The topological polar surface area (TPSA) is 12.5 Å². The third kappa shape index (κ3) is 1.34. The average Bonchev–Trinajstić information content (AvgIpc) is 2.74. The summed E-state index contributed by atoms with van der Waals surface area (Å²) in [5.41, 5.74) is 2.31. The van der Waals surface area contributed by atoms with E-state index in [-0.39, 0.29) is 0 Å². The van der Waals surface area contributed by atoms with Gasteiger partial charge < -0.3 is 9.64 Å². The summed E-state index contributed by atoms with van der Waals surface area (Å²) in [4.78, 5) is 2.16. The normalized spacial score (nSPS) is 13.5. The van der Waals surface area contributed by atoms with Crippen molar-refractivity contribution in [3.8, 4) is 5.75 Å². The summed E-state index contributed by atoms with van der Waals surface area (Å²) >= 11 is 0. The summed E-state index contributed by atoms with van der Waals surface area (Å²) in [6.45, 7) is 0.601. The maximum absolute atomic E-state index is 5.59. The van der Waals surface area contributed by atoms with Crippen molar-refractivity contribution < 1.29 is 4.74 Å². The van der Waals surface area contributed by atoms with Crippen LogP contribution in [0, 0.1) is 0 Å². The lowest BCUT2D eigenvalue weighted by Crippen LogP contribution is -2.14. The predicted molar refractivity (Wildman–Crippen MR) is 60.5 cm³/mol. The van der Waals surface area contributed by atoms with E-state index in [1.807, 2.05) is 36.4 Å². The molecule has 1 aliphatic heterocycles. The summed E-state index contributed by atoms with van der Waals surface area (Å²) in [5.74, 6) is 0.960. The summed E-state index contributed by atoms with van der Waals surface area (Å²) in [5, 5.41) is 0. The highest BCUT2D eigenvalue weighted by Crippen LogP contribution is 2.37. The van der Waals surface area contributed by atoms with Crippen LogP contribution >= 0.6 is 0 Å². The highest BCUT2D eigenvalue weighted by atomic mass is 16.5. The van der Waals surface area contributed by atoms with Crippen molar-refractivity contribution in [2.75, 3.05) is 11.6 Å². The zero-order valence-corrected chi connectivity index (χ0v) is 8.26. The summed E-state index contributed by atoms with van der Waals surface area (Å²) < 4.78 is 5.59. The molecule has 2 aromatic rings. The van der Waals surface area contributed by atoms with Crippen molar-refractivity contribution in [1.82, 2.24) is 0 Å². The maximum atomic E-state index is 5.59. The Morgan fingerprint density at radius 3 is 2.47 bits per heavy atom. The van der Waals surface area contributed by atoms with Gasteiger partial charge >= 0.3 is 0 Å². The molecule has 74 valence electrons. The zero-order valence-electron chi connectivity index (χ0n) is 8.26. The van der Waals surface area contributed by atoms with Gasteiger partial charge in [-0.15, -0.1) is 0 Å². The van der Waals surface area contributed by atoms with E-state index in [1.165, 1.54) is 5.69 Å². The Morgan fingerprint density at radius 2 is 1.60 bits per heavy atom. The Kier molecular flexibility index (Phi) is 1.85. The lowest BCUT2D eigenvalue weighted by Gasteiger charge is -2.15. The molecule has 0 aliphatic carbocycles. The van der Waals surface area contributed by atoms with Gasteiger partial charge in [0.05, 0.1) is 5.69 Å². The smallest absolute Gasteiger partial charge is 0.165 e. The van der Waals surface area contributed by atoms with Crippen molar-refractivity contribution in [3.63, 3.8) is 0 Å². The standard InChI is InChI=1S/C13H11NO/c1-2-6-11(7-3-1)14-10-15-13-9-5-4-8-12(13)14/h1-9H,10H2. The first kappa shape index (κ1) is 8.36. The number of anilines is 2. The van der Waals surface area contributed by atoms with Crippen LogP contribution in [0.2, 0.25) is 0 Å². The van der Waals surface area contributed by atoms with E-state index in [0.717, 1.165) is 11.4 Å². The largest absolute Gasteiger partial charge is 0.471 e. The van der Waals surface area contributed by atoms with Crippen LogP contribution in [0.4, 0.5) is 11.4 Å². The van der Waals surface area contributed by atoms with Gasteiger partial charge in [0.1, 0.15) is 5.75 Å². The Bertz CT molecular complexity index is 467. The van der Waals surface area contributed by atoms with E-state index in [1.54, 1.807) is 0 Å². The van der Waals surface area contributed by atoms with Crippen molar-refractivity contribution in [2.24, 2.45) is 0 Å². The summed E-state index contributed by atoms with van der Waals surface area (Å²) in [7, 11) is 0. The molecule has 0 bridgehead atoms. The number of para-hydroxylation sites is 3. The van der Waals surface area contributed by atoms with Crippen molar-refractivity contribution in [3.05, 3.63) is 54.6 Å². The number of rotatable bonds is 1. The zero-order chi connectivity index (χ0) is 10.1. The van der Waals surface area contributed by atoms with Gasteiger partial charge in [0.25, 0.3) is 0 Å². The van der Waals surface area contributed by atoms with Crippen LogP contribution in [0.25, 0.3) is 0 Å². The van der Waals surface area contributed by atoms with Gasteiger partial charge in [-0.25, -0.2) is 0 Å². The van der Waals surface area contributed by atoms with E-state index in [0.29, 0.717) is 6.73 Å². The molecular weight excluding hydrogens is 186 g/mol. The quantitative estimate of drug-likeness (QED) is 0.696. The second kappa shape index (κ2) is 3.31.